The Hall–Kier alpha value is -2.97. The van der Waals surface area contributed by atoms with Gasteiger partial charge in [-0.1, -0.05) is 38.5 Å². The lowest BCUT2D eigenvalue weighted by Crippen LogP contribution is -2.39. The number of halogens is 2. The van der Waals surface area contributed by atoms with Gasteiger partial charge in [0.15, 0.2) is 17.5 Å². The summed E-state index contributed by atoms with van der Waals surface area (Å²) in [5, 5.41) is 17.1. The Morgan fingerprint density at radius 3 is 2.40 bits per heavy atom. The van der Waals surface area contributed by atoms with Crippen LogP contribution in [0.2, 0.25) is 0 Å². The Kier molecular flexibility index (Phi) is 7.42. The smallest absolute Gasteiger partial charge is 0.258 e. The number of aliphatic imine (C=N–C) groups is 1. The van der Waals surface area contributed by atoms with Gasteiger partial charge in [0.1, 0.15) is 5.69 Å². The van der Waals surface area contributed by atoms with E-state index in [0.29, 0.717) is 5.82 Å². The molecule has 2 aliphatic rings. The topological polar surface area (TPSA) is 94.2 Å². The average Bonchev–Trinajstić information content (AvgIpc) is 3.21. The second-order valence-electron chi connectivity index (χ2n) is 10.9. The zero-order valence-corrected chi connectivity index (χ0v) is 20.9. The third-order valence-electron chi connectivity index (χ3n) is 6.80. The van der Waals surface area contributed by atoms with Crippen LogP contribution in [-0.4, -0.2) is 34.1 Å². The molecule has 35 heavy (non-hydrogen) atoms. The molecule has 0 saturated heterocycles. The van der Waals surface area contributed by atoms with Crippen molar-refractivity contribution in [2.24, 2.45) is 10.4 Å². The fraction of sp³-hybridized carbons (Fsp3) is 0.577. The SMILES string of the molecule is CC(C)(C)N=C(NC(=O)c1ccc(F)c(F)c1)Nc1n[nH]c2c1NCC1(CCCCCCCC1)C2. The Balaban J connectivity index is 1.52. The summed E-state index contributed by atoms with van der Waals surface area (Å²) in [6.45, 7) is 6.59. The number of amides is 1. The fourth-order valence-electron chi connectivity index (χ4n) is 5.04. The summed E-state index contributed by atoms with van der Waals surface area (Å²) in [4.78, 5) is 17.3. The molecular weight excluding hydrogens is 450 g/mol. The third-order valence-corrected chi connectivity index (χ3v) is 6.80. The molecule has 1 amide bonds. The maximum atomic E-state index is 13.6. The molecule has 2 aromatic rings. The van der Waals surface area contributed by atoms with Gasteiger partial charge in [-0.15, -0.1) is 0 Å². The third kappa shape index (κ3) is 6.38. The van der Waals surface area contributed by atoms with Gasteiger partial charge in [-0.25, -0.2) is 13.8 Å². The standard InChI is InChI=1S/C26H36F2N6O/c1-25(2,3)32-24(31-23(35)17-10-11-18(27)19(28)14-17)30-22-21-20(33-34-22)15-26(16-29-21)12-8-6-4-5-7-9-13-26/h10-11,14,29H,4-9,12-13,15-16H2,1-3H3,(H3,30,31,32,33,34,35). The van der Waals surface area contributed by atoms with Crippen LogP contribution in [0.3, 0.4) is 0 Å². The number of nitrogens with one attached hydrogen (secondary N) is 4. The van der Waals surface area contributed by atoms with E-state index in [2.05, 4.69) is 31.1 Å². The lowest BCUT2D eigenvalue weighted by Gasteiger charge is -2.38. The number of carbonyl (C=O) groups excluding carboxylic acids is 1. The van der Waals surface area contributed by atoms with E-state index in [1.165, 1.54) is 57.4 Å². The number of guanidine groups is 1. The van der Waals surface area contributed by atoms with Gasteiger partial charge in [-0.05, 0) is 63.6 Å². The lowest BCUT2D eigenvalue weighted by molar-refractivity contribution is 0.0976. The number of hydrogen-bond acceptors (Lipinski definition) is 4. The second kappa shape index (κ2) is 10.3. The summed E-state index contributed by atoms with van der Waals surface area (Å²) < 4.78 is 26.9. The van der Waals surface area contributed by atoms with Gasteiger partial charge in [0.25, 0.3) is 5.91 Å². The highest BCUT2D eigenvalue weighted by Crippen LogP contribution is 2.43. The molecule has 1 saturated carbocycles. The summed E-state index contributed by atoms with van der Waals surface area (Å²) in [5.74, 6) is -1.95. The molecule has 9 heteroatoms. The number of anilines is 2. The van der Waals surface area contributed by atoms with Crippen LogP contribution in [0, 0.1) is 17.0 Å². The summed E-state index contributed by atoms with van der Waals surface area (Å²) in [5.41, 5.74) is 1.68. The van der Waals surface area contributed by atoms with Gasteiger partial charge in [-0.2, -0.15) is 5.10 Å². The number of fused-ring (bicyclic) bond motifs is 1. The number of aromatic nitrogens is 2. The second-order valence-corrected chi connectivity index (χ2v) is 10.9. The van der Waals surface area contributed by atoms with Gasteiger partial charge in [0.2, 0.25) is 5.96 Å². The van der Waals surface area contributed by atoms with Crippen LogP contribution in [0.25, 0.3) is 0 Å². The number of rotatable bonds is 2. The number of hydrogen-bond donors (Lipinski definition) is 4. The van der Waals surface area contributed by atoms with Crippen molar-refractivity contribution in [3.63, 3.8) is 0 Å². The van der Waals surface area contributed by atoms with Crippen LogP contribution in [0.5, 0.6) is 0 Å². The molecule has 190 valence electrons. The van der Waals surface area contributed by atoms with Crippen molar-refractivity contribution in [3.8, 4) is 0 Å². The highest BCUT2D eigenvalue weighted by molar-refractivity contribution is 6.10. The largest absolute Gasteiger partial charge is 0.380 e. The molecule has 0 atom stereocenters. The number of aromatic amines is 1. The molecule has 0 radical (unpaired) electrons. The molecule has 4 N–H and O–H groups in total. The van der Waals surface area contributed by atoms with Crippen molar-refractivity contribution in [3.05, 3.63) is 41.1 Å². The monoisotopic (exact) mass is 486 g/mol. The zero-order valence-electron chi connectivity index (χ0n) is 20.9. The normalized spacial score (nSPS) is 18.6. The van der Waals surface area contributed by atoms with E-state index in [1.54, 1.807) is 0 Å². The van der Waals surface area contributed by atoms with E-state index in [9.17, 15) is 13.6 Å². The maximum absolute atomic E-state index is 13.6. The zero-order chi connectivity index (χ0) is 25.1. The Bertz CT molecular complexity index is 1080. The molecule has 0 bridgehead atoms. The Morgan fingerprint density at radius 1 is 1.06 bits per heavy atom. The van der Waals surface area contributed by atoms with E-state index in [0.717, 1.165) is 36.5 Å². The predicted molar refractivity (Wildman–Crippen MR) is 135 cm³/mol. The molecule has 1 aromatic carbocycles. The molecule has 2 heterocycles. The molecule has 0 unspecified atom stereocenters. The van der Waals surface area contributed by atoms with Gasteiger partial charge in [-0.3, -0.25) is 15.2 Å². The van der Waals surface area contributed by atoms with Crippen molar-refractivity contribution in [2.75, 3.05) is 17.2 Å². The first-order valence-electron chi connectivity index (χ1n) is 12.6. The van der Waals surface area contributed by atoms with Crippen LogP contribution in [0.4, 0.5) is 20.3 Å². The van der Waals surface area contributed by atoms with Gasteiger partial charge < -0.3 is 10.6 Å². The summed E-state index contributed by atoms with van der Waals surface area (Å²) in [6.07, 6.45) is 11.1. The first kappa shape index (κ1) is 25.1. The van der Waals surface area contributed by atoms with Gasteiger partial charge >= 0.3 is 0 Å². The predicted octanol–water partition coefficient (Wildman–Crippen LogP) is 5.77. The number of carbonyl (C=O) groups is 1. The first-order chi connectivity index (χ1) is 16.6. The Morgan fingerprint density at radius 2 is 1.74 bits per heavy atom. The minimum Gasteiger partial charge on any atom is -0.380 e. The molecule has 1 aliphatic heterocycles. The highest BCUT2D eigenvalue weighted by atomic mass is 19.2. The van der Waals surface area contributed by atoms with Gasteiger partial charge in [0.05, 0.1) is 11.2 Å². The van der Waals surface area contributed by atoms with Crippen molar-refractivity contribution in [1.29, 1.82) is 0 Å². The number of benzene rings is 1. The van der Waals surface area contributed by atoms with E-state index in [4.69, 9.17) is 0 Å². The first-order valence-corrected chi connectivity index (χ1v) is 12.6. The van der Waals surface area contributed by atoms with Crippen LogP contribution >= 0.6 is 0 Å². The van der Waals surface area contributed by atoms with Crippen molar-refractivity contribution in [2.45, 2.75) is 84.1 Å². The fourth-order valence-corrected chi connectivity index (χ4v) is 5.04. The highest BCUT2D eigenvalue weighted by Gasteiger charge is 2.36. The molecule has 1 aromatic heterocycles. The quantitative estimate of drug-likeness (QED) is 0.320. The molecule has 1 fully saturated rings. The van der Waals surface area contributed by atoms with E-state index < -0.39 is 23.1 Å². The van der Waals surface area contributed by atoms with E-state index in [-0.39, 0.29) is 16.9 Å². The minimum absolute atomic E-state index is 0.00312. The van der Waals surface area contributed by atoms with Crippen LogP contribution < -0.4 is 16.0 Å². The molecule has 4 rings (SSSR count). The molecule has 7 nitrogen and oxygen atoms in total. The summed E-state index contributed by atoms with van der Waals surface area (Å²) in [7, 11) is 0. The van der Waals surface area contributed by atoms with Crippen molar-refractivity contribution < 1.29 is 13.6 Å². The molecule has 1 spiro atoms. The van der Waals surface area contributed by atoms with Crippen LogP contribution in [0.1, 0.15) is 88.2 Å². The summed E-state index contributed by atoms with van der Waals surface area (Å²) >= 11 is 0. The number of nitrogens with zero attached hydrogens (tertiary/aromatic N) is 2. The van der Waals surface area contributed by atoms with E-state index >= 15 is 0 Å². The maximum Gasteiger partial charge on any atom is 0.258 e. The van der Waals surface area contributed by atoms with E-state index in [1.807, 2.05) is 20.8 Å². The van der Waals surface area contributed by atoms with Crippen LogP contribution in [-0.2, 0) is 6.42 Å². The number of H-pyrrole nitrogens is 1. The molecule has 1 aliphatic carbocycles. The Labute approximate surface area is 205 Å². The van der Waals surface area contributed by atoms with Crippen LogP contribution in [0.15, 0.2) is 23.2 Å². The lowest BCUT2D eigenvalue weighted by atomic mass is 9.73. The van der Waals surface area contributed by atoms with Crippen molar-refractivity contribution in [1.82, 2.24) is 15.5 Å². The summed E-state index contributed by atoms with van der Waals surface area (Å²) in [6, 6.07) is 3.03. The average molecular weight is 487 g/mol. The minimum atomic E-state index is -1.08. The van der Waals surface area contributed by atoms with Crippen molar-refractivity contribution >= 4 is 23.4 Å². The van der Waals surface area contributed by atoms with Gasteiger partial charge in [0, 0.05) is 12.1 Å². The molecular formula is C26H36F2N6O.